The van der Waals surface area contributed by atoms with Gasteiger partial charge in [0, 0.05) is 28.8 Å². The van der Waals surface area contributed by atoms with Gasteiger partial charge in [-0.1, -0.05) is 28.4 Å². The van der Waals surface area contributed by atoms with Gasteiger partial charge in [0.15, 0.2) is 0 Å². The molecule has 3 heterocycles. The summed E-state index contributed by atoms with van der Waals surface area (Å²) < 4.78 is 3.07. The fraction of sp³-hybridized carbons (Fsp3) is 0.550. The maximum absolute atomic E-state index is 12.5. The molecule has 0 saturated carbocycles. The molecule has 0 radical (unpaired) electrons. The molecule has 1 N–H and O–H groups in total. The van der Waals surface area contributed by atoms with Gasteiger partial charge in [0.2, 0.25) is 5.91 Å². The average Bonchev–Trinajstić information content (AvgIpc) is 3.02. The maximum atomic E-state index is 12.5. The average molecular weight is 404 g/mol. The third-order valence-electron chi connectivity index (χ3n) is 5.84. The van der Waals surface area contributed by atoms with Gasteiger partial charge in [0.25, 0.3) is 0 Å². The van der Waals surface area contributed by atoms with Gasteiger partial charge in [-0.25, -0.2) is 0 Å². The number of rotatable bonds is 4. The zero-order chi connectivity index (χ0) is 17.2. The molecule has 2 atom stereocenters. The second kappa shape index (κ2) is 7.50. The van der Waals surface area contributed by atoms with Gasteiger partial charge in [-0.2, -0.15) is 0 Å². The molecule has 1 aromatic heterocycles. The number of nitrogens with one attached hydrogen (secondary N) is 1. The number of carbonyl (C=O) groups excluding carboxylic acids is 1. The van der Waals surface area contributed by atoms with Crippen molar-refractivity contribution in [2.24, 2.45) is 5.92 Å². The molecule has 2 aromatic rings. The Bertz CT molecular complexity index is 754. The Kier molecular flexibility index (Phi) is 5.13. The summed E-state index contributed by atoms with van der Waals surface area (Å²) in [5.41, 5.74) is 1.10. The van der Waals surface area contributed by atoms with Crippen LogP contribution >= 0.6 is 15.9 Å². The van der Waals surface area contributed by atoms with Gasteiger partial charge in [-0.3, -0.25) is 4.79 Å². The Balaban J connectivity index is 1.36. The monoisotopic (exact) mass is 403 g/mol. The molecule has 2 saturated heterocycles. The van der Waals surface area contributed by atoms with Crippen LogP contribution in [0.2, 0.25) is 0 Å². The zero-order valence-electron chi connectivity index (χ0n) is 14.6. The Labute approximate surface area is 157 Å². The first-order valence-electron chi connectivity index (χ1n) is 9.46. The quantitative estimate of drug-likeness (QED) is 0.842. The third-order valence-corrected chi connectivity index (χ3v) is 6.33. The molecule has 25 heavy (non-hydrogen) atoms. The van der Waals surface area contributed by atoms with Gasteiger partial charge in [0.05, 0.1) is 0 Å². The van der Waals surface area contributed by atoms with Crippen LogP contribution in [-0.2, 0) is 11.3 Å². The van der Waals surface area contributed by atoms with Crippen molar-refractivity contribution in [3.8, 4) is 0 Å². The van der Waals surface area contributed by atoms with Crippen molar-refractivity contribution in [3.63, 3.8) is 0 Å². The molecule has 2 aliphatic rings. The Morgan fingerprint density at radius 2 is 2.04 bits per heavy atom. The number of hydrogen-bond donors (Lipinski definition) is 1. The lowest BCUT2D eigenvalue weighted by Gasteiger charge is -2.44. The second-order valence-electron chi connectivity index (χ2n) is 7.45. The van der Waals surface area contributed by atoms with Crippen molar-refractivity contribution in [3.05, 3.63) is 34.9 Å². The van der Waals surface area contributed by atoms with Gasteiger partial charge >= 0.3 is 0 Å². The minimum Gasteiger partial charge on any atom is -0.354 e. The molecule has 0 bridgehead atoms. The number of amides is 1. The van der Waals surface area contributed by atoms with Crippen LogP contribution in [0.1, 0.15) is 32.1 Å². The highest BCUT2D eigenvalue weighted by Crippen LogP contribution is 2.30. The van der Waals surface area contributed by atoms with Crippen molar-refractivity contribution in [1.82, 2.24) is 14.8 Å². The van der Waals surface area contributed by atoms with Crippen LogP contribution in [0.15, 0.2) is 34.9 Å². The molecule has 134 valence electrons. The number of hydrogen-bond acceptors (Lipinski definition) is 2. The Hall–Kier alpha value is -1.33. The smallest absolute Gasteiger partial charge is 0.239 e. The van der Waals surface area contributed by atoms with Crippen molar-refractivity contribution in [1.29, 1.82) is 0 Å². The molecule has 1 aromatic carbocycles. The van der Waals surface area contributed by atoms with E-state index in [-0.39, 0.29) is 5.91 Å². The van der Waals surface area contributed by atoms with Crippen molar-refractivity contribution < 1.29 is 4.79 Å². The van der Waals surface area contributed by atoms with Gasteiger partial charge in [-0.15, -0.1) is 0 Å². The first-order valence-corrected chi connectivity index (χ1v) is 10.3. The highest BCUT2D eigenvalue weighted by atomic mass is 79.9. The molecule has 2 aliphatic heterocycles. The fourth-order valence-electron chi connectivity index (χ4n) is 4.57. The molecule has 0 unspecified atom stereocenters. The Morgan fingerprint density at radius 1 is 1.16 bits per heavy atom. The molecular formula is C20H26BrN3O. The molecule has 2 fully saturated rings. The van der Waals surface area contributed by atoms with Crippen LogP contribution in [0.3, 0.4) is 0 Å². The summed E-state index contributed by atoms with van der Waals surface area (Å²) in [4.78, 5) is 15.1. The van der Waals surface area contributed by atoms with Gasteiger partial charge in [-0.05, 0) is 68.3 Å². The van der Waals surface area contributed by atoms with Crippen LogP contribution in [0.25, 0.3) is 10.9 Å². The molecule has 4 rings (SSSR count). The van der Waals surface area contributed by atoms with Crippen LogP contribution < -0.4 is 5.32 Å². The van der Waals surface area contributed by atoms with E-state index in [4.69, 9.17) is 0 Å². The first kappa shape index (κ1) is 17.1. The number of halogens is 1. The number of benzene rings is 1. The Morgan fingerprint density at radius 3 is 2.96 bits per heavy atom. The fourth-order valence-corrected chi connectivity index (χ4v) is 4.91. The maximum Gasteiger partial charge on any atom is 0.239 e. The normalized spacial score (nSPS) is 24.2. The molecular weight excluding hydrogens is 378 g/mol. The molecule has 0 aliphatic carbocycles. The van der Waals surface area contributed by atoms with Crippen molar-refractivity contribution >= 4 is 32.7 Å². The topological polar surface area (TPSA) is 37.3 Å². The number of aromatic nitrogens is 1. The van der Waals surface area contributed by atoms with Crippen LogP contribution in [0, 0.1) is 5.92 Å². The lowest BCUT2D eigenvalue weighted by molar-refractivity contribution is -0.122. The number of fused-ring (bicyclic) bond motifs is 2. The van der Waals surface area contributed by atoms with Crippen molar-refractivity contribution in [2.75, 3.05) is 19.6 Å². The summed E-state index contributed by atoms with van der Waals surface area (Å²) in [5.74, 6) is 0.735. The lowest BCUT2D eigenvalue weighted by atomic mass is 9.83. The lowest BCUT2D eigenvalue weighted by Crippen LogP contribution is -2.51. The molecule has 0 spiro atoms. The molecule has 1 amide bonds. The third kappa shape index (κ3) is 3.77. The summed E-state index contributed by atoms with van der Waals surface area (Å²) >= 11 is 3.51. The largest absolute Gasteiger partial charge is 0.354 e. The summed E-state index contributed by atoms with van der Waals surface area (Å²) in [6.07, 6.45) is 8.51. The summed E-state index contributed by atoms with van der Waals surface area (Å²) in [6, 6.07) is 8.94. The van der Waals surface area contributed by atoms with E-state index in [1.165, 1.54) is 50.6 Å². The minimum absolute atomic E-state index is 0.116. The zero-order valence-corrected chi connectivity index (χ0v) is 16.2. The van der Waals surface area contributed by atoms with Gasteiger partial charge in [0.1, 0.15) is 6.54 Å². The standard InChI is InChI=1S/C20H26BrN3O/c21-17-7-6-15-8-11-24(19(15)12-17)14-20(25)22-13-16-4-3-10-23-9-2-1-5-18(16)23/h6-8,11-12,16,18H,1-5,9-10,13-14H2,(H,22,25)/t16-,18-/m1/s1. The van der Waals surface area contributed by atoms with E-state index in [9.17, 15) is 4.79 Å². The highest BCUT2D eigenvalue weighted by Gasteiger charge is 2.32. The van der Waals surface area contributed by atoms with E-state index in [1.54, 1.807) is 0 Å². The predicted octanol–water partition coefficient (Wildman–Crippen LogP) is 3.78. The van der Waals surface area contributed by atoms with Crippen LogP contribution in [-0.4, -0.2) is 41.1 Å². The SMILES string of the molecule is O=C(Cn1ccc2ccc(Br)cc21)NC[C@H]1CCCN2CCCC[C@H]12. The molecule has 5 heteroatoms. The number of nitrogens with zero attached hydrogens (tertiary/aromatic N) is 2. The van der Waals surface area contributed by atoms with E-state index < -0.39 is 0 Å². The highest BCUT2D eigenvalue weighted by molar-refractivity contribution is 9.10. The predicted molar refractivity (Wildman–Crippen MR) is 105 cm³/mol. The van der Waals surface area contributed by atoms with E-state index in [0.29, 0.717) is 18.5 Å². The first-order chi connectivity index (χ1) is 12.2. The summed E-state index contributed by atoms with van der Waals surface area (Å²) in [7, 11) is 0. The summed E-state index contributed by atoms with van der Waals surface area (Å²) in [6.45, 7) is 3.71. The molecule has 4 nitrogen and oxygen atoms in total. The van der Waals surface area contributed by atoms with E-state index in [0.717, 1.165) is 16.5 Å². The second-order valence-corrected chi connectivity index (χ2v) is 8.37. The van der Waals surface area contributed by atoms with E-state index >= 15 is 0 Å². The van der Waals surface area contributed by atoms with Crippen LogP contribution in [0.5, 0.6) is 0 Å². The minimum atomic E-state index is 0.116. The van der Waals surface area contributed by atoms with Crippen LogP contribution in [0.4, 0.5) is 0 Å². The number of piperidine rings is 2. The van der Waals surface area contributed by atoms with E-state index in [2.05, 4.69) is 44.3 Å². The number of carbonyl (C=O) groups is 1. The summed E-state index contributed by atoms with van der Waals surface area (Å²) in [5, 5.41) is 4.37. The van der Waals surface area contributed by atoms with Gasteiger partial charge < -0.3 is 14.8 Å². The van der Waals surface area contributed by atoms with E-state index in [1.807, 2.05) is 16.8 Å². The van der Waals surface area contributed by atoms with Crippen molar-refractivity contribution in [2.45, 2.75) is 44.7 Å².